The summed E-state index contributed by atoms with van der Waals surface area (Å²) < 4.78 is 0. The second-order valence-electron chi connectivity index (χ2n) is 4.57. The van der Waals surface area contributed by atoms with E-state index < -0.39 is 0 Å². The molecule has 0 aliphatic rings. The Balaban J connectivity index is 1.97. The molecule has 0 saturated carbocycles. The molecule has 0 bridgehead atoms. The van der Waals surface area contributed by atoms with Crippen LogP contribution in [0.2, 0.25) is 0 Å². The lowest BCUT2D eigenvalue weighted by atomic mass is 10.0. The number of terminal acetylenes is 2. The van der Waals surface area contributed by atoms with Crippen molar-refractivity contribution in [1.82, 2.24) is 0 Å². The van der Waals surface area contributed by atoms with Crippen molar-refractivity contribution in [2.24, 2.45) is 0 Å². The normalized spacial score (nSPS) is 9.50. The molecular formula is C19H14O. The highest BCUT2D eigenvalue weighted by Crippen LogP contribution is 2.08. The summed E-state index contributed by atoms with van der Waals surface area (Å²) >= 11 is 0. The van der Waals surface area contributed by atoms with Gasteiger partial charge in [-0.2, -0.15) is 0 Å². The Kier molecular flexibility index (Phi) is 4.38. The Morgan fingerprint density at radius 1 is 0.750 bits per heavy atom. The monoisotopic (exact) mass is 258 g/mol. The van der Waals surface area contributed by atoms with E-state index in [2.05, 4.69) is 11.8 Å². The molecule has 0 radical (unpaired) electrons. The van der Waals surface area contributed by atoms with Gasteiger partial charge in [0.1, 0.15) is 5.78 Å². The van der Waals surface area contributed by atoms with Crippen LogP contribution in [0.15, 0.2) is 48.5 Å². The molecule has 96 valence electrons. The molecule has 20 heavy (non-hydrogen) atoms. The van der Waals surface area contributed by atoms with Crippen molar-refractivity contribution in [3.05, 3.63) is 70.8 Å². The number of carbonyl (C=O) groups is 1. The van der Waals surface area contributed by atoms with E-state index in [0.29, 0.717) is 12.8 Å². The van der Waals surface area contributed by atoms with Crippen LogP contribution in [0.1, 0.15) is 22.3 Å². The Bertz CT molecular complexity index is 615. The predicted molar refractivity (Wildman–Crippen MR) is 81.2 cm³/mol. The molecule has 0 amide bonds. The maximum Gasteiger partial charge on any atom is 0.141 e. The highest BCUT2D eigenvalue weighted by Gasteiger charge is 2.05. The van der Waals surface area contributed by atoms with E-state index in [-0.39, 0.29) is 5.78 Å². The Morgan fingerprint density at radius 2 is 1.10 bits per heavy atom. The van der Waals surface area contributed by atoms with Crippen LogP contribution in [-0.4, -0.2) is 5.78 Å². The summed E-state index contributed by atoms with van der Waals surface area (Å²) in [6, 6.07) is 15.0. The fourth-order valence-corrected chi connectivity index (χ4v) is 1.96. The van der Waals surface area contributed by atoms with Crippen molar-refractivity contribution < 1.29 is 4.79 Å². The molecule has 0 unspecified atom stereocenters. The summed E-state index contributed by atoms with van der Waals surface area (Å²) in [7, 11) is 0. The lowest BCUT2D eigenvalue weighted by Gasteiger charge is -2.03. The van der Waals surface area contributed by atoms with Crippen LogP contribution in [0.5, 0.6) is 0 Å². The standard InChI is InChI=1S/C19H14O/c1-3-15-5-9-17(10-6-15)13-19(20)14-18-11-7-16(4-2)8-12-18/h1-2,5-12H,13-14H2. The second kappa shape index (κ2) is 6.41. The molecule has 0 saturated heterocycles. The van der Waals surface area contributed by atoms with Crippen molar-refractivity contribution in [2.45, 2.75) is 12.8 Å². The smallest absolute Gasteiger partial charge is 0.141 e. The SMILES string of the molecule is C#Cc1ccc(CC(=O)Cc2ccc(C#C)cc2)cc1. The first-order valence-electron chi connectivity index (χ1n) is 6.34. The molecule has 1 nitrogen and oxygen atoms in total. The highest BCUT2D eigenvalue weighted by molar-refractivity contribution is 5.83. The summed E-state index contributed by atoms with van der Waals surface area (Å²) in [6.07, 6.45) is 11.4. The van der Waals surface area contributed by atoms with Crippen LogP contribution < -0.4 is 0 Å². The molecule has 2 aromatic rings. The van der Waals surface area contributed by atoms with Crippen molar-refractivity contribution in [3.63, 3.8) is 0 Å². The van der Waals surface area contributed by atoms with Crippen LogP contribution >= 0.6 is 0 Å². The number of hydrogen-bond acceptors (Lipinski definition) is 1. The molecule has 1 heteroatoms. The molecule has 0 aliphatic heterocycles. The molecule has 0 atom stereocenters. The van der Waals surface area contributed by atoms with Crippen LogP contribution in [0.25, 0.3) is 0 Å². The van der Waals surface area contributed by atoms with Crippen molar-refractivity contribution in [1.29, 1.82) is 0 Å². The van der Waals surface area contributed by atoms with E-state index in [1.165, 1.54) is 0 Å². The minimum absolute atomic E-state index is 0.173. The number of rotatable bonds is 4. The molecule has 2 aromatic carbocycles. The van der Waals surface area contributed by atoms with Gasteiger partial charge in [0.25, 0.3) is 0 Å². The molecule has 0 aliphatic carbocycles. The van der Waals surface area contributed by atoms with Crippen molar-refractivity contribution in [2.75, 3.05) is 0 Å². The summed E-state index contributed by atoms with van der Waals surface area (Å²) in [5.74, 6) is 5.29. The average Bonchev–Trinajstić information content (AvgIpc) is 2.49. The van der Waals surface area contributed by atoms with Gasteiger partial charge in [-0.1, -0.05) is 36.1 Å². The van der Waals surface area contributed by atoms with Gasteiger partial charge in [0.2, 0.25) is 0 Å². The van der Waals surface area contributed by atoms with Crippen LogP contribution in [0, 0.1) is 24.7 Å². The van der Waals surface area contributed by atoms with E-state index >= 15 is 0 Å². The van der Waals surface area contributed by atoms with Crippen molar-refractivity contribution >= 4 is 5.78 Å². The van der Waals surface area contributed by atoms with Gasteiger partial charge in [0, 0.05) is 24.0 Å². The fraction of sp³-hybridized carbons (Fsp3) is 0.105. The van der Waals surface area contributed by atoms with E-state index in [1.807, 2.05) is 48.5 Å². The minimum atomic E-state index is 0.173. The molecular weight excluding hydrogens is 244 g/mol. The first-order valence-corrected chi connectivity index (χ1v) is 6.34. The van der Waals surface area contributed by atoms with E-state index in [0.717, 1.165) is 22.3 Å². The minimum Gasteiger partial charge on any atom is -0.299 e. The zero-order valence-electron chi connectivity index (χ0n) is 11.1. The quantitative estimate of drug-likeness (QED) is 0.770. The number of carbonyl (C=O) groups excluding carboxylic acids is 1. The van der Waals surface area contributed by atoms with Gasteiger partial charge in [0.05, 0.1) is 0 Å². The van der Waals surface area contributed by atoms with Crippen LogP contribution in [0.3, 0.4) is 0 Å². The summed E-state index contributed by atoms with van der Waals surface area (Å²) in [5.41, 5.74) is 3.61. The first-order chi connectivity index (χ1) is 9.71. The van der Waals surface area contributed by atoms with Gasteiger partial charge in [-0.25, -0.2) is 0 Å². The van der Waals surface area contributed by atoms with Gasteiger partial charge in [-0.3, -0.25) is 4.79 Å². The third kappa shape index (κ3) is 3.61. The molecule has 0 N–H and O–H groups in total. The number of hydrogen-bond donors (Lipinski definition) is 0. The molecule has 0 aromatic heterocycles. The largest absolute Gasteiger partial charge is 0.299 e. The maximum atomic E-state index is 12.0. The Hall–Kier alpha value is -2.77. The maximum absolute atomic E-state index is 12.0. The third-order valence-electron chi connectivity index (χ3n) is 3.04. The molecule has 0 spiro atoms. The molecule has 0 heterocycles. The Labute approximate surface area is 119 Å². The number of ketones is 1. The summed E-state index contributed by atoms with van der Waals surface area (Å²) in [6.45, 7) is 0. The zero-order chi connectivity index (χ0) is 14.4. The van der Waals surface area contributed by atoms with E-state index in [4.69, 9.17) is 12.8 Å². The lowest BCUT2D eigenvalue weighted by molar-refractivity contribution is -0.117. The van der Waals surface area contributed by atoms with E-state index in [9.17, 15) is 4.79 Å². The second-order valence-corrected chi connectivity index (χ2v) is 4.57. The predicted octanol–water partition coefficient (Wildman–Crippen LogP) is 3.00. The first kappa shape index (κ1) is 13.7. The number of Topliss-reactive ketones (excluding diaryl/α,β-unsaturated/α-hetero) is 1. The van der Waals surface area contributed by atoms with Gasteiger partial charge >= 0.3 is 0 Å². The third-order valence-corrected chi connectivity index (χ3v) is 3.04. The van der Waals surface area contributed by atoms with Crippen molar-refractivity contribution in [3.8, 4) is 24.7 Å². The molecule has 0 fully saturated rings. The average molecular weight is 258 g/mol. The van der Waals surface area contributed by atoms with Crippen LogP contribution in [-0.2, 0) is 17.6 Å². The lowest BCUT2D eigenvalue weighted by Crippen LogP contribution is -2.06. The van der Waals surface area contributed by atoms with Gasteiger partial charge < -0.3 is 0 Å². The topological polar surface area (TPSA) is 17.1 Å². The van der Waals surface area contributed by atoms with Crippen LogP contribution in [0.4, 0.5) is 0 Å². The number of benzene rings is 2. The fourth-order valence-electron chi connectivity index (χ4n) is 1.96. The molecule has 2 rings (SSSR count). The highest BCUT2D eigenvalue weighted by atomic mass is 16.1. The van der Waals surface area contributed by atoms with E-state index in [1.54, 1.807) is 0 Å². The zero-order valence-corrected chi connectivity index (χ0v) is 11.1. The van der Waals surface area contributed by atoms with Gasteiger partial charge in [-0.05, 0) is 35.4 Å². The van der Waals surface area contributed by atoms with Gasteiger partial charge in [0.15, 0.2) is 0 Å². The summed E-state index contributed by atoms with van der Waals surface area (Å²) in [5, 5.41) is 0. The summed E-state index contributed by atoms with van der Waals surface area (Å²) in [4.78, 5) is 12.0. The van der Waals surface area contributed by atoms with Gasteiger partial charge in [-0.15, -0.1) is 12.8 Å². The Morgan fingerprint density at radius 3 is 1.40 bits per heavy atom.